The van der Waals surface area contributed by atoms with Gasteiger partial charge in [0, 0.05) is 28.8 Å². The van der Waals surface area contributed by atoms with E-state index in [4.69, 9.17) is 18.6 Å². The summed E-state index contributed by atoms with van der Waals surface area (Å²) in [6, 6.07) is 16.8. The SMILES string of the molecule is COc1ccc(-c2oc3cc4c(cc3c2CC(=O)NCc2ccccn2)OCO4)cc1. The molecule has 156 valence electrons. The highest BCUT2D eigenvalue weighted by Gasteiger charge is 2.23. The molecular weight excluding hydrogens is 396 g/mol. The Kier molecular flexibility index (Phi) is 4.92. The zero-order chi connectivity index (χ0) is 21.2. The van der Waals surface area contributed by atoms with Gasteiger partial charge < -0.3 is 23.9 Å². The van der Waals surface area contributed by atoms with E-state index >= 15 is 0 Å². The third-order valence-corrected chi connectivity index (χ3v) is 5.17. The number of carbonyl (C=O) groups excluding carboxylic acids is 1. The third-order valence-electron chi connectivity index (χ3n) is 5.17. The van der Waals surface area contributed by atoms with Crippen LogP contribution in [0.1, 0.15) is 11.3 Å². The molecule has 1 amide bonds. The number of nitrogens with one attached hydrogen (secondary N) is 1. The number of hydrogen-bond acceptors (Lipinski definition) is 6. The first-order valence-corrected chi connectivity index (χ1v) is 9.87. The lowest BCUT2D eigenvalue weighted by Crippen LogP contribution is -2.25. The first-order valence-electron chi connectivity index (χ1n) is 9.87. The number of methoxy groups -OCH3 is 1. The number of hydrogen-bond donors (Lipinski definition) is 1. The molecule has 0 saturated carbocycles. The van der Waals surface area contributed by atoms with E-state index in [1.165, 1.54) is 0 Å². The molecule has 7 heteroatoms. The van der Waals surface area contributed by atoms with Gasteiger partial charge in [-0.05, 0) is 42.5 Å². The van der Waals surface area contributed by atoms with Crippen LogP contribution in [0.4, 0.5) is 0 Å². The first kappa shape index (κ1) is 19.0. The maximum absolute atomic E-state index is 12.8. The quantitative estimate of drug-likeness (QED) is 0.510. The van der Waals surface area contributed by atoms with Crippen LogP contribution in [0.5, 0.6) is 17.2 Å². The highest BCUT2D eigenvalue weighted by atomic mass is 16.7. The molecule has 7 nitrogen and oxygen atoms in total. The minimum Gasteiger partial charge on any atom is -0.497 e. The number of ether oxygens (including phenoxy) is 3. The lowest BCUT2D eigenvalue weighted by atomic mass is 10.0. The molecule has 0 unspecified atom stereocenters. The van der Waals surface area contributed by atoms with Gasteiger partial charge in [0.15, 0.2) is 11.5 Å². The molecule has 0 spiro atoms. The van der Waals surface area contributed by atoms with Crippen LogP contribution in [0.2, 0.25) is 0 Å². The number of benzene rings is 2. The monoisotopic (exact) mass is 416 g/mol. The Morgan fingerprint density at radius 2 is 1.90 bits per heavy atom. The van der Waals surface area contributed by atoms with Crippen molar-refractivity contribution in [3.05, 3.63) is 72.1 Å². The topological polar surface area (TPSA) is 82.8 Å². The Bertz CT molecular complexity index is 1230. The van der Waals surface area contributed by atoms with Crippen LogP contribution in [0.15, 0.2) is 65.2 Å². The van der Waals surface area contributed by atoms with E-state index in [-0.39, 0.29) is 19.1 Å². The predicted molar refractivity (Wildman–Crippen MR) is 114 cm³/mol. The van der Waals surface area contributed by atoms with Crippen LogP contribution in [0.25, 0.3) is 22.3 Å². The van der Waals surface area contributed by atoms with Gasteiger partial charge in [0.25, 0.3) is 0 Å². The summed E-state index contributed by atoms with van der Waals surface area (Å²) in [7, 11) is 1.62. The molecule has 0 aliphatic carbocycles. The van der Waals surface area contributed by atoms with Crippen molar-refractivity contribution in [3.8, 4) is 28.6 Å². The van der Waals surface area contributed by atoms with E-state index in [0.717, 1.165) is 28.0 Å². The van der Waals surface area contributed by atoms with Crippen molar-refractivity contribution in [2.45, 2.75) is 13.0 Å². The number of pyridine rings is 1. The highest BCUT2D eigenvalue weighted by Crippen LogP contribution is 2.42. The second-order valence-electron chi connectivity index (χ2n) is 7.11. The number of carbonyl (C=O) groups is 1. The molecule has 2 aromatic heterocycles. The minimum atomic E-state index is -0.124. The Labute approximate surface area is 178 Å². The zero-order valence-corrected chi connectivity index (χ0v) is 16.9. The lowest BCUT2D eigenvalue weighted by molar-refractivity contribution is -0.120. The number of aromatic nitrogens is 1. The summed E-state index contributed by atoms with van der Waals surface area (Å²) in [5.41, 5.74) is 3.08. The van der Waals surface area contributed by atoms with E-state index < -0.39 is 0 Å². The Hall–Kier alpha value is -4.00. The van der Waals surface area contributed by atoms with Gasteiger partial charge in [0.2, 0.25) is 12.7 Å². The van der Waals surface area contributed by atoms with Crippen LogP contribution in [0, 0.1) is 0 Å². The Balaban J connectivity index is 1.49. The van der Waals surface area contributed by atoms with Gasteiger partial charge in [0.1, 0.15) is 17.1 Å². The van der Waals surface area contributed by atoms with Crippen molar-refractivity contribution < 1.29 is 23.4 Å². The van der Waals surface area contributed by atoms with Crippen molar-refractivity contribution in [2.75, 3.05) is 13.9 Å². The molecule has 0 atom stereocenters. The van der Waals surface area contributed by atoms with Gasteiger partial charge in [-0.25, -0.2) is 0 Å². The van der Waals surface area contributed by atoms with Crippen LogP contribution < -0.4 is 19.5 Å². The summed E-state index contributed by atoms with van der Waals surface area (Å²) in [4.78, 5) is 17.0. The third kappa shape index (κ3) is 3.77. The van der Waals surface area contributed by atoms with E-state index in [1.807, 2.05) is 48.5 Å². The van der Waals surface area contributed by atoms with E-state index in [2.05, 4.69) is 10.3 Å². The Morgan fingerprint density at radius 3 is 2.65 bits per heavy atom. The second-order valence-corrected chi connectivity index (χ2v) is 7.11. The Morgan fingerprint density at radius 1 is 1.10 bits per heavy atom. The molecule has 1 N–H and O–H groups in total. The largest absolute Gasteiger partial charge is 0.497 e. The lowest BCUT2D eigenvalue weighted by Gasteiger charge is -2.07. The molecule has 5 rings (SSSR count). The van der Waals surface area contributed by atoms with Crippen molar-refractivity contribution >= 4 is 16.9 Å². The van der Waals surface area contributed by atoms with Gasteiger partial charge in [-0.3, -0.25) is 9.78 Å². The average molecular weight is 416 g/mol. The summed E-state index contributed by atoms with van der Waals surface area (Å²) in [5, 5.41) is 3.75. The summed E-state index contributed by atoms with van der Waals surface area (Å²) >= 11 is 0. The van der Waals surface area contributed by atoms with Gasteiger partial charge >= 0.3 is 0 Å². The molecule has 1 aliphatic heterocycles. The van der Waals surface area contributed by atoms with E-state index in [0.29, 0.717) is 29.4 Å². The van der Waals surface area contributed by atoms with Crippen LogP contribution in [0.3, 0.4) is 0 Å². The number of fused-ring (bicyclic) bond motifs is 2. The van der Waals surface area contributed by atoms with Crippen LogP contribution in [-0.4, -0.2) is 24.8 Å². The first-order chi connectivity index (χ1) is 15.2. The molecule has 2 aromatic carbocycles. The van der Waals surface area contributed by atoms with Crippen molar-refractivity contribution in [1.29, 1.82) is 0 Å². The minimum absolute atomic E-state index is 0.124. The molecule has 1 aliphatic rings. The van der Waals surface area contributed by atoms with Crippen molar-refractivity contribution in [1.82, 2.24) is 10.3 Å². The van der Waals surface area contributed by atoms with Crippen LogP contribution in [-0.2, 0) is 17.8 Å². The van der Waals surface area contributed by atoms with Crippen molar-refractivity contribution in [2.24, 2.45) is 0 Å². The maximum atomic E-state index is 12.8. The smallest absolute Gasteiger partial charge is 0.231 e. The molecule has 31 heavy (non-hydrogen) atoms. The summed E-state index contributed by atoms with van der Waals surface area (Å²) in [5.74, 6) is 2.53. The number of rotatable bonds is 6. The summed E-state index contributed by atoms with van der Waals surface area (Å²) < 4.78 is 22.4. The highest BCUT2D eigenvalue weighted by molar-refractivity contribution is 5.94. The second kappa shape index (κ2) is 8.02. The van der Waals surface area contributed by atoms with Crippen molar-refractivity contribution in [3.63, 3.8) is 0 Å². The fourth-order valence-electron chi connectivity index (χ4n) is 3.60. The fourth-order valence-corrected chi connectivity index (χ4v) is 3.60. The normalized spacial score (nSPS) is 12.2. The molecule has 0 radical (unpaired) electrons. The van der Waals surface area contributed by atoms with Gasteiger partial charge in [0.05, 0.1) is 25.8 Å². The zero-order valence-electron chi connectivity index (χ0n) is 16.9. The predicted octanol–water partition coefficient (Wildman–Crippen LogP) is 4.09. The summed E-state index contributed by atoms with van der Waals surface area (Å²) in [6.07, 6.45) is 1.86. The molecule has 4 aromatic rings. The van der Waals surface area contributed by atoms with Crippen LogP contribution >= 0.6 is 0 Å². The number of furan rings is 1. The summed E-state index contributed by atoms with van der Waals surface area (Å²) in [6.45, 7) is 0.535. The van der Waals surface area contributed by atoms with Gasteiger partial charge in [-0.1, -0.05) is 6.07 Å². The molecule has 0 fully saturated rings. The number of amides is 1. The average Bonchev–Trinajstić information content (AvgIpc) is 3.41. The molecule has 3 heterocycles. The standard InChI is InChI=1S/C24H20N2O5/c1-28-17-7-5-15(6-8-17)24-19(11-23(27)26-13-16-4-2-3-9-25-16)18-10-21-22(30-14-29-21)12-20(18)31-24/h2-10,12H,11,13-14H2,1H3,(H,26,27). The van der Waals surface area contributed by atoms with E-state index in [9.17, 15) is 4.79 Å². The van der Waals surface area contributed by atoms with Gasteiger partial charge in [-0.2, -0.15) is 0 Å². The number of nitrogens with zero attached hydrogens (tertiary/aromatic N) is 1. The van der Waals surface area contributed by atoms with Gasteiger partial charge in [-0.15, -0.1) is 0 Å². The molecule has 0 bridgehead atoms. The fraction of sp³-hybridized carbons (Fsp3) is 0.167. The maximum Gasteiger partial charge on any atom is 0.231 e. The molecular formula is C24H20N2O5. The van der Waals surface area contributed by atoms with E-state index in [1.54, 1.807) is 19.4 Å². The molecule has 0 saturated heterocycles.